The first-order valence-corrected chi connectivity index (χ1v) is 8.74. The first-order chi connectivity index (χ1) is 10.8. The van der Waals surface area contributed by atoms with Crippen molar-refractivity contribution in [3.63, 3.8) is 0 Å². The van der Waals surface area contributed by atoms with E-state index in [9.17, 15) is 0 Å². The van der Waals surface area contributed by atoms with Crippen molar-refractivity contribution in [1.82, 2.24) is 9.78 Å². The molecule has 2 N–H and O–H groups in total. The summed E-state index contributed by atoms with van der Waals surface area (Å²) in [6.07, 6.45) is 5.29. The molecular formula is C20H29N3. The van der Waals surface area contributed by atoms with Gasteiger partial charge in [-0.25, -0.2) is 0 Å². The van der Waals surface area contributed by atoms with Gasteiger partial charge in [0.25, 0.3) is 0 Å². The molecule has 1 fully saturated rings. The SMILES string of the molecule is Cn1nc(-c2cccc(C3CCC(C(C)(C)C)CC3)c2)cc1N. The summed E-state index contributed by atoms with van der Waals surface area (Å²) in [5.74, 6) is 2.25. The molecule has 124 valence electrons. The van der Waals surface area contributed by atoms with Gasteiger partial charge in [-0.05, 0) is 54.6 Å². The molecule has 1 aromatic heterocycles. The lowest BCUT2D eigenvalue weighted by atomic mass is 9.68. The Morgan fingerprint density at radius 2 is 1.78 bits per heavy atom. The molecule has 1 aliphatic carbocycles. The Kier molecular flexibility index (Phi) is 4.22. The van der Waals surface area contributed by atoms with E-state index in [1.165, 1.54) is 36.8 Å². The zero-order chi connectivity index (χ0) is 16.6. The molecule has 0 atom stereocenters. The van der Waals surface area contributed by atoms with Crippen molar-refractivity contribution in [2.75, 3.05) is 5.73 Å². The fraction of sp³-hybridized carbons (Fsp3) is 0.550. The molecule has 0 radical (unpaired) electrons. The van der Waals surface area contributed by atoms with Gasteiger partial charge in [-0.15, -0.1) is 0 Å². The van der Waals surface area contributed by atoms with Gasteiger partial charge >= 0.3 is 0 Å². The monoisotopic (exact) mass is 311 g/mol. The molecule has 1 aromatic carbocycles. The van der Waals surface area contributed by atoms with Crippen LogP contribution < -0.4 is 5.73 Å². The average molecular weight is 311 g/mol. The fourth-order valence-corrected chi connectivity index (χ4v) is 3.87. The number of hydrogen-bond donors (Lipinski definition) is 1. The highest BCUT2D eigenvalue weighted by atomic mass is 15.3. The Balaban J connectivity index is 1.76. The van der Waals surface area contributed by atoms with E-state index in [-0.39, 0.29) is 0 Å². The van der Waals surface area contributed by atoms with Crippen molar-refractivity contribution in [2.24, 2.45) is 18.4 Å². The Labute approximate surface area is 139 Å². The molecule has 1 aliphatic rings. The highest BCUT2D eigenvalue weighted by Crippen LogP contribution is 2.43. The molecule has 0 unspecified atom stereocenters. The predicted octanol–water partition coefficient (Wildman–Crippen LogP) is 4.99. The molecule has 0 amide bonds. The lowest BCUT2D eigenvalue weighted by Gasteiger charge is -2.37. The zero-order valence-corrected chi connectivity index (χ0v) is 14.8. The van der Waals surface area contributed by atoms with Crippen LogP contribution in [0.3, 0.4) is 0 Å². The Morgan fingerprint density at radius 3 is 2.35 bits per heavy atom. The summed E-state index contributed by atoms with van der Waals surface area (Å²) in [6.45, 7) is 7.14. The van der Waals surface area contributed by atoms with Gasteiger partial charge in [0.2, 0.25) is 0 Å². The molecule has 1 heterocycles. The minimum atomic E-state index is 0.443. The van der Waals surface area contributed by atoms with Crippen LogP contribution in [0.4, 0.5) is 5.82 Å². The van der Waals surface area contributed by atoms with Crippen molar-refractivity contribution >= 4 is 5.82 Å². The third-order valence-corrected chi connectivity index (χ3v) is 5.52. The summed E-state index contributed by atoms with van der Waals surface area (Å²) in [7, 11) is 1.89. The van der Waals surface area contributed by atoms with Crippen LogP contribution in [0.5, 0.6) is 0 Å². The summed E-state index contributed by atoms with van der Waals surface area (Å²) >= 11 is 0. The molecule has 1 saturated carbocycles. The Bertz CT molecular complexity index is 651. The first kappa shape index (κ1) is 16.1. The van der Waals surface area contributed by atoms with Gasteiger partial charge < -0.3 is 5.73 Å². The summed E-state index contributed by atoms with van der Waals surface area (Å²) in [5.41, 5.74) is 9.96. The molecule has 0 aliphatic heterocycles. The van der Waals surface area contributed by atoms with Crippen LogP contribution in [-0.2, 0) is 7.05 Å². The number of nitrogens with zero attached hydrogens (tertiary/aromatic N) is 2. The minimum Gasteiger partial charge on any atom is -0.384 e. The zero-order valence-electron chi connectivity index (χ0n) is 14.8. The first-order valence-electron chi connectivity index (χ1n) is 8.74. The lowest BCUT2D eigenvalue weighted by molar-refractivity contribution is 0.169. The number of aryl methyl sites for hydroxylation is 1. The molecule has 0 bridgehead atoms. The van der Waals surface area contributed by atoms with Gasteiger partial charge in [0.1, 0.15) is 5.82 Å². The van der Waals surface area contributed by atoms with E-state index >= 15 is 0 Å². The van der Waals surface area contributed by atoms with Crippen LogP contribution in [-0.4, -0.2) is 9.78 Å². The normalized spacial score (nSPS) is 22.3. The predicted molar refractivity (Wildman–Crippen MR) is 97.2 cm³/mol. The fourth-order valence-electron chi connectivity index (χ4n) is 3.87. The van der Waals surface area contributed by atoms with E-state index in [0.717, 1.165) is 11.6 Å². The van der Waals surface area contributed by atoms with Crippen LogP contribution in [0.1, 0.15) is 57.9 Å². The van der Waals surface area contributed by atoms with Gasteiger partial charge in [-0.1, -0.05) is 39.0 Å². The number of anilines is 1. The summed E-state index contributed by atoms with van der Waals surface area (Å²) < 4.78 is 1.73. The van der Waals surface area contributed by atoms with Crippen LogP contribution in [0.25, 0.3) is 11.3 Å². The quantitative estimate of drug-likeness (QED) is 0.849. The van der Waals surface area contributed by atoms with Gasteiger partial charge in [0, 0.05) is 18.7 Å². The van der Waals surface area contributed by atoms with E-state index in [1.807, 2.05) is 13.1 Å². The molecule has 3 heteroatoms. The van der Waals surface area contributed by atoms with E-state index in [2.05, 4.69) is 50.1 Å². The van der Waals surface area contributed by atoms with E-state index in [4.69, 9.17) is 5.73 Å². The van der Waals surface area contributed by atoms with E-state index in [0.29, 0.717) is 17.2 Å². The second-order valence-electron chi connectivity index (χ2n) is 8.12. The van der Waals surface area contributed by atoms with Crippen molar-refractivity contribution in [2.45, 2.75) is 52.4 Å². The Hall–Kier alpha value is -1.77. The number of aromatic nitrogens is 2. The number of benzene rings is 1. The van der Waals surface area contributed by atoms with E-state index < -0.39 is 0 Å². The van der Waals surface area contributed by atoms with E-state index in [1.54, 1.807) is 4.68 Å². The minimum absolute atomic E-state index is 0.443. The largest absolute Gasteiger partial charge is 0.384 e. The average Bonchev–Trinajstić information content (AvgIpc) is 2.86. The number of rotatable bonds is 2. The van der Waals surface area contributed by atoms with Crippen molar-refractivity contribution in [3.05, 3.63) is 35.9 Å². The maximum atomic E-state index is 5.92. The number of hydrogen-bond acceptors (Lipinski definition) is 2. The summed E-state index contributed by atoms with van der Waals surface area (Å²) in [5, 5.41) is 4.50. The smallest absolute Gasteiger partial charge is 0.121 e. The van der Waals surface area contributed by atoms with Crippen molar-refractivity contribution < 1.29 is 0 Å². The topological polar surface area (TPSA) is 43.8 Å². The maximum absolute atomic E-state index is 5.92. The third kappa shape index (κ3) is 3.44. The van der Waals surface area contributed by atoms with Crippen LogP contribution in [0, 0.1) is 11.3 Å². The highest BCUT2D eigenvalue weighted by molar-refractivity contribution is 5.63. The Morgan fingerprint density at radius 1 is 1.09 bits per heavy atom. The summed E-state index contributed by atoms with van der Waals surface area (Å²) in [6, 6.07) is 10.8. The highest BCUT2D eigenvalue weighted by Gasteiger charge is 2.30. The third-order valence-electron chi connectivity index (χ3n) is 5.52. The standard InChI is InChI=1S/C20H29N3/c1-20(2,3)17-10-8-14(9-11-17)15-6-5-7-16(12-15)18-13-19(21)23(4)22-18/h5-7,12-14,17H,8-11,21H2,1-4H3. The number of nitrogens with two attached hydrogens (primary N) is 1. The molecule has 0 spiro atoms. The maximum Gasteiger partial charge on any atom is 0.121 e. The van der Waals surface area contributed by atoms with Crippen LogP contribution in [0.2, 0.25) is 0 Å². The molecule has 2 aromatic rings. The summed E-state index contributed by atoms with van der Waals surface area (Å²) in [4.78, 5) is 0. The number of nitrogen functional groups attached to an aromatic ring is 1. The van der Waals surface area contributed by atoms with Gasteiger partial charge in [0.05, 0.1) is 5.69 Å². The van der Waals surface area contributed by atoms with Crippen LogP contribution >= 0.6 is 0 Å². The van der Waals surface area contributed by atoms with Crippen LogP contribution in [0.15, 0.2) is 30.3 Å². The second-order valence-corrected chi connectivity index (χ2v) is 8.12. The lowest BCUT2D eigenvalue weighted by Crippen LogP contribution is -2.25. The van der Waals surface area contributed by atoms with Gasteiger partial charge in [0.15, 0.2) is 0 Å². The molecule has 23 heavy (non-hydrogen) atoms. The van der Waals surface area contributed by atoms with Gasteiger partial charge in [-0.2, -0.15) is 5.10 Å². The second kappa shape index (κ2) is 6.03. The molecule has 0 saturated heterocycles. The molecular weight excluding hydrogens is 282 g/mol. The molecule has 3 nitrogen and oxygen atoms in total. The van der Waals surface area contributed by atoms with Gasteiger partial charge in [-0.3, -0.25) is 4.68 Å². The van der Waals surface area contributed by atoms with Crippen molar-refractivity contribution in [1.29, 1.82) is 0 Å². The molecule has 3 rings (SSSR count). The van der Waals surface area contributed by atoms with Crippen molar-refractivity contribution in [3.8, 4) is 11.3 Å².